The molecule has 0 saturated carbocycles. The standard InChI is InChI=1S/C11H12ClN3O2S/c1-15-8-13-7-10(15)4-5-18(16,17)11-3-2-9(12)6-14-11/h2-3,6-8H,4-5H2,1H3. The Kier molecular flexibility index (Phi) is 3.68. The molecular weight excluding hydrogens is 274 g/mol. The molecule has 18 heavy (non-hydrogen) atoms. The minimum Gasteiger partial charge on any atom is -0.338 e. The van der Waals surface area contributed by atoms with Crippen LogP contribution in [0.15, 0.2) is 35.9 Å². The fraction of sp³-hybridized carbons (Fsp3) is 0.273. The second-order valence-corrected chi connectivity index (χ2v) is 6.37. The smallest absolute Gasteiger partial charge is 0.195 e. The molecule has 5 nitrogen and oxygen atoms in total. The van der Waals surface area contributed by atoms with E-state index in [9.17, 15) is 8.42 Å². The maximum absolute atomic E-state index is 12.0. The van der Waals surface area contributed by atoms with Crippen molar-refractivity contribution in [3.05, 3.63) is 41.6 Å². The van der Waals surface area contributed by atoms with Crippen molar-refractivity contribution in [1.82, 2.24) is 14.5 Å². The van der Waals surface area contributed by atoms with Crippen LogP contribution in [0.1, 0.15) is 5.69 Å². The lowest BCUT2D eigenvalue weighted by molar-refractivity contribution is 0.590. The van der Waals surface area contributed by atoms with E-state index in [0.717, 1.165) is 5.69 Å². The molecular formula is C11H12ClN3O2S. The molecule has 0 N–H and O–H groups in total. The molecule has 0 radical (unpaired) electrons. The van der Waals surface area contributed by atoms with Crippen LogP contribution < -0.4 is 0 Å². The van der Waals surface area contributed by atoms with Crippen LogP contribution in [-0.2, 0) is 23.3 Å². The van der Waals surface area contributed by atoms with Gasteiger partial charge in [0.2, 0.25) is 0 Å². The number of rotatable bonds is 4. The lowest BCUT2D eigenvalue weighted by Crippen LogP contribution is -2.12. The fourth-order valence-corrected chi connectivity index (χ4v) is 2.80. The van der Waals surface area contributed by atoms with Crippen molar-refractivity contribution in [3.63, 3.8) is 0 Å². The van der Waals surface area contributed by atoms with Gasteiger partial charge in [-0.3, -0.25) is 0 Å². The number of imidazole rings is 1. The molecule has 2 heterocycles. The Morgan fingerprint density at radius 2 is 2.11 bits per heavy atom. The molecule has 0 aromatic carbocycles. The van der Waals surface area contributed by atoms with Crippen LogP contribution in [0.4, 0.5) is 0 Å². The highest BCUT2D eigenvalue weighted by Crippen LogP contribution is 2.13. The zero-order valence-corrected chi connectivity index (χ0v) is 11.3. The zero-order valence-electron chi connectivity index (χ0n) is 9.75. The number of pyridine rings is 1. The first-order valence-corrected chi connectivity index (χ1v) is 7.31. The molecule has 0 bridgehead atoms. The summed E-state index contributed by atoms with van der Waals surface area (Å²) < 4.78 is 25.8. The number of aryl methyl sites for hydroxylation is 2. The quantitative estimate of drug-likeness (QED) is 0.854. The van der Waals surface area contributed by atoms with Crippen molar-refractivity contribution in [3.8, 4) is 0 Å². The predicted octanol–water partition coefficient (Wildman–Crippen LogP) is 1.48. The van der Waals surface area contributed by atoms with E-state index in [2.05, 4.69) is 9.97 Å². The van der Waals surface area contributed by atoms with Crippen LogP contribution in [0.5, 0.6) is 0 Å². The van der Waals surface area contributed by atoms with E-state index >= 15 is 0 Å². The van der Waals surface area contributed by atoms with E-state index in [4.69, 9.17) is 11.6 Å². The van der Waals surface area contributed by atoms with Crippen molar-refractivity contribution in [1.29, 1.82) is 0 Å². The SMILES string of the molecule is Cn1cncc1CCS(=O)(=O)c1ccc(Cl)cn1. The predicted molar refractivity (Wildman–Crippen MR) is 68.2 cm³/mol. The number of nitrogens with zero attached hydrogens (tertiary/aromatic N) is 3. The molecule has 0 aliphatic rings. The summed E-state index contributed by atoms with van der Waals surface area (Å²) >= 11 is 5.67. The van der Waals surface area contributed by atoms with E-state index in [1.807, 2.05) is 7.05 Å². The van der Waals surface area contributed by atoms with Gasteiger partial charge in [-0.25, -0.2) is 18.4 Å². The second kappa shape index (κ2) is 5.07. The molecule has 0 aliphatic carbocycles. The number of aromatic nitrogens is 3. The van der Waals surface area contributed by atoms with Gasteiger partial charge in [0.05, 0.1) is 17.1 Å². The maximum atomic E-state index is 12.0. The maximum Gasteiger partial charge on any atom is 0.195 e. The van der Waals surface area contributed by atoms with Crippen molar-refractivity contribution in [2.24, 2.45) is 7.05 Å². The number of hydrogen-bond acceptors (Lipinski definition) is 4. The summed E-state index contributed by atoms with van der Waals surface area (Å²) in [4.78, 5) is 7.77. The average Bonchev–Trinajstić information content (AvgIpc) is 2.73. The van der Waals surface area contributed by atoms with Gasteiger partial charge in [-0.2, -0.15) is 0 Å². The van der Waals surface area contributed by atoms with Crippen LogP contribution in [0.3, 0.4) is 0 Å². The van der Waals surface area contributed by atoms with Gasteiger partial charge in [0.1, 0.15) is 0 Å². The normalized spacial score (nSPS) is 11.7. The van der Waals surface area contributed by atoms with Gasteiger partial charge in [0.15, 0.2) is 14.9 Å². The van der Waals surface area contributed by atoms with Gasteiger partial charge in [0, 0.05) is 31.6 Å². The molecule has 2 aromatic heterocycles. The van der Waals surface area contributed by atoms with Gasteiger partial charge >= 0.3 is 0 Å². The number of hydrogen-bond donors (Lipinski definition) is 0. The highest BCUT2D eigenvalue weighted by Gasteiger charge is 2.16. The summed E-state index contributed by atoms with van der Waals surface area (Å²) in [6.45, 7) is 0. The lowest BCUT2D eigenvalue weighted by Gasteiger charge is -2.04. The molecule has 0 atom stereocenters. The lowest BCUT2D eigenvalue weighted by atomic mass is 10.4. The Morgan fingerprint density at radius 3 is 2.67 bits per heavy atom. The molecule has 0 unspecified atom stereocenters. The summed E-state index contributed by atoms with van der Waals surface area (Å²) in [6.07, 6.45) is 5.04. The third-order valence-electron chi connectivity index (χ3n) is 2.56. The Balaban J connectivity index is 2.13. The van der Waals surface area contributed by atoms with Crippen LogP contribution in [0.2, 0.25) is 5.02 Å². The molecule has 7 heteroatoms. The van der Waals surface area contributed by atoms with Crippen molar-refractivity contribution < 1.29 is 8.42 Å². The molecule has 0 aliphatic heterocycles. The van der Waals surface area contributed by atoms with E-state index < -0.39 is 9.84 Å². The Hall–Kier alpha value is -1.40. The van der Waals surface area contributed by atoms with Crippen molar-refractivity contribution in [2.75, 3.05) is 5.75 Å². The summed E-state index contributed by atoms with van der Waals surface area (Å²) in [5, 5.41) is 0.467. The van der Waals surface area contributed by atoms with E-state index in [1.165, 1.54) is 18.3 Å². The molecule has 2 rings (SSSR count). The first kappa shape index (κ1) is 13.0. The van der Waals surface area contributed by atoms with Gasteiger partial charge in [-0.1, -0.05) is 11.6 Å². The fourth-order valence-electron chi connectivity index (χ4n) is 1.52. The summed E-state index contributed by atoms with van der Waals surface area (Å²) in [5.41, 5.74) is 0.868. The molecule has 0 saturated heterocycles. The van der Waals surface area contributed by atoms with Crippen molar-refractivity contribution >= 4 is 21.4 Å². The summed E-state index contributed by atoms with van der Waals surface area (Å²) in [5.74, 6) is 0.00116. The van der Waals surface area contributed by atoms with Crippen molar-refractivity contribution in [2.45, 2.75) is 11.4 Å². The first-order valence-electron chi connectivity index (χ1n) is 5.28. The van der Waals surface area contributed by atoms with Gasteiger partial charge in [-0.15, -0.1) is 0 Å². The van der Waals surface area contributed by atoms with Gasteiger partial charge in [0.25, 0.3) is 0 Å². The summed E-state index contributed by atoms with van der Waals surface area (Å²) in [6, 6.07) is 2.94. The Bertz CT molecular complexity index is 635. The summed E-state index contributed by atoms with van der Waals surface area (Å²) in [7, 11) is -1.55. The largest absolute Gasteiger partial charge is 0.338 e. The molecule has 0 spiro atoms. The molecule has 2 aromatic rings. The van der Waals surface area contributed by atoms with Gasteiger partial charge < -0.3 is 4.57 Å². The van der Waals surface area contributed by atoms with Crippen LogP contribution >= 0.6 is 11.6 Å². The monoisotopic (exact) mass is 285 g/mol. The van der Waals surface area contributed by atoms with Gasteiger partial charge in [-0.05, 0) is 12.1 Å². The topological polar surface area (TPSA) is 64.8 Å². The zero-order chi connectivity index (χ0) is 13.2. The third-order valence-corrected chi connectivity index (χ3v) is 4.41. The van der Waals surface area contributed by atoms with Crippen LogP contribution in [-0.4, -0.2) is 28.7 Å². The Labute approximate surface area is 110 Å². The highest BCUT2D eigenvalue weighted by molar-refractivity contribution is 7.91. The second-order valence-electron chi connectivity index (χ2n) is 3.88. The van der Waals surface area contributed by atoms with E-state index in [-0.39, 0.29) is 10.8 Å². The molecule has 96 valence electrons. The minimum atomic E-state index is -3.38. The Morgan fingerprint density at radius 1 is 1.33 bits per heavy atom. The van der Waals surface area contributed by atoms with E-state index in [1.54, 1.807) is 17.1 Å². The minimum absolute atomic E-state index is 0.00116. The number of sulfone groups is 1. The molecule has 0 fully saturated rings. The van der Waals surface area contributed by atoms with Crippen LogP contribution in [0.25, 0.3) is 0 Å². The average molecular weight is 286 g/mol. The highest BCUT2D eigenvalue weighted by atomic mass is 35.5. The van der Waals surface area contributed by atoms with E-state index in [0.29, 0.717) is 11.4 Å². The molecule has 0 amide bonds. The first-order chi connectivity index (χ1) is 8.49. The number of halogens is 1. The van der Waals surface area contributed by atoms with Crippen LogP contribution in [0, 0.1) is 0 Å². The third kappa shape index (κ3) is 2.88.